The van der Waals surface area contributed by atoms with E-state index >= 15 is 0 Å². The quantitative estimate of drug-likeness (QED) is 0.807. The molecule has 0 saturated carbocycles. The molecule has 3 rings (SSSR count). The molecular formula is C14H16N4. The van der Waals surface area contributed by atoms with Gasteiger partial charge >= 0.3 is 0 Å². The maximum atomic E-state index is 4.30. The van der Waals surface area contributed by atoms with Crippen LogP contribution >= 0.6 is 0 Å². The summed E-state index contributed by atoms with van der Waals surface area (Å²) < 4.78 is 1.83. The van der Waals surface area contributed by atoms with Crippen molar-refractivity contribution in [3.8, 4) is 0 Å². The summed E-state index contributed by atoms with van der Waals surface area (Å²) in [6, 6.07) is 8.48. The van der Waals surface area contributed by atoms with Crippen molar-refractivity contribution in [1.82, 2.24) is 14.8 Å². The van der Waals surface area contributed by atoms with Gasteiger partial charge < -0.3 is 4.90 Å². The number of anilines is 1. The van der Waals surface area contributed by atoms with Gasteiger partial charge in [-0.1, -0.05) is 30.4 Å². The van der Waals surface area contributed by atoms with E-state index in [0.29, 0.717) is 0 Å². The van der Waals surface area contributed by atoms with Crippen molar-refractivity contribution in [3.05, 3.63) is 48.1 Å². The van der Waals surface area contributed by atoms with E-state index in [1.165, 1.54) is 11.3 Å². The molecule has 0 amide bonds. The first-order valence-electron chi connectivity index (χ1n) is 6.18. The molecule has 0 fully saturated rings. The fraction of sp³-hybridized carbons (Fsp3) is 0.286. The van der Waals surface area contributed by atoms with Crippen molar-refractivity contribution in [2.24, 2.45) is 7.05 Å². The van der Waals surface area contributed by atoms with Gasteiger partial charge in [-0.15, -0.1) is 0 Å². The summed E-state index contributed by atoms with van der Waals surface area (Å²) in [5.74, 6) is 0.992. The molecule has 2 heterocycles. The number of hydrogen-bond acceptors (Lipinski definition) is 3. The van der Waals surface area contributed by atoms with Gasteiger partial charge in [-0.25, -0.2) is 4.98 Å². The standard InChI is InChI=1S/C14H16N4/c1-17-14(15-11-16-17)10-18-9-5-4-7-12-6-2-3-8-13(12)18/h2-4,6-8,11H,5,9-10H2,1H3. The van der Waals surface area contributed by atoms with E-state index in [1.54, 1.807) is 6.33 Å². The van der Waals surface area contributed by atoms with Crippen LogP contribution in [0.25, 0.3) is 6.08 Å². The summed E-state index contributed by atoms with van der Waals surface area (Å²) in [4.78, 5) is 6.66. The minimum atomic E-state index is 0.801. The Labute approximate surface area is 107 Å². The Morgan fingerprint density at radius 2 is 2.17 bits per heavy atom. The minimum Gasteiger partial charge on any atom is -0.363 e. The summed E-state index contributed by atoms with van der Waals surface area (Å²) in [5.41, 5.74) is 2.55. The van der Waals surface area contributed by atoms with Crippen molar-refractivity contribution in [1.29, 1.82) is 0 Å². The third-order valence-electron chi connectivity index (χ3n) is 3.28. The van der Waals surface area contributed by atoms with Gasteiger partial charge in [0.25, 0.3) is 0 Å². The van der Waals surface area contributed by atoms with E-state index < -0.39 is 0 Å². The summed E-state index contributed by atoms with van der Waals surface area (Å²) in [5, 5.41) is 4.12. The highest BCUT2D eigenvalue weighted by Crippen LogP contribution is 2.25. The molecule has 18 heavy (non-hydrogen) atoms. The fourth-order valence-corrected chi connectivity index (χ4v) is 2.28. The number of benzene rings is 1. The molecule has 0 aliphatic carbocycles. The molecule has 0 saturated heterocycles. The maximum absolute atomic E-state index is 4.30. The third-order valence-corrected chi connectivity index (χ3v) is 3.28. The Morgan fingerprint density at radius 1 is 1.28 bits per heavy atom. The van der Waals surface area contributed by atoms with E-state index in [4.69, 9.17) is 0 Å². The Morgan fingerprint density at radius 3 is 3.00 bits per heavy atom. The second kappa shape index (κ2) is 4.64. The molecule has 4 nitrogen and oxygen atoms in total. The summed E-state index contributed by atoms with van der Waals surface area (Å²) in [7, 11) is 1.93. The van der Waals surface area contributed by atoms with Gasteiger partial charge in [-0.3, -0.25) is 4.68 Å². The SMILES string of the molecule is Cn1ncnc1CN1CCC=Cc2ccccc21. The van der Waals surface area contributed by atoms with Gasteiger partial charge in [0.15, 0.2) is 0 Å². The predicted molar refractivity (Wildman–Crippen MR) is 72.1 cm³/mol. The van der Waals surface area contributed by atoms with E-state index in [2.05, 4.69) is 51.4 Å². The molecule has 1 aromatic carbocycles. The van der Waals surface area contributed by atoms with E-state index in [-0.39, 0.29) is 0 Å². The van der Waals surface area contributed by atoms with Crippen LogP contribution in [0.5, 0.6) is 0 Å². The second-order valence-electron chi connectivity index (χ2n) is 4.47. The summed E-state index contributed by atoms with van der Waals surface area (Å²) >= 11 is 0. The number of aromatic nitrogens is 3. The molecule has 0 N–H and O–H groups in total. The lowest BCUT2D eigenvalue weighted by Crippen LogP contribution is -2.25. The van der Waals surface area contributed by atoms with Crippen LogP contribution in [0, 0.1) is 0 Å². The van der Waals surface area contributed by atoms with E-state index in [9.17, 15) is 0 Å². The molecule has 1 aliphatic rings. The Balaban J connectivity index is 1.92. The van der Waals surface area contributed by atoms with Crippen LogP contribution in [-0.4, -0.2) is 21.3 Å². The lowest BCUT2D eigenvalue weighted by atomic mass is 10.1. The summed E-state index contributed by atoms with van der Waals surface area (Å²) in [6.45, 7) is 1.82. The highest BCUT2D eigenvalue weighted by Gasteiger charge is 2.14. The van der Waals surface area contributed by atoms with Crippen LogP contribution in [0.4, 0.5) is 5.69 Å². The van der Waals surface area contributed by atoms with E-state index in [0.717, 1.165) is 25.3 Å². The lowest BCUT2D eigenvalue weighted by molar-refractivity contribution is 0.668. The highest BCUT2D eigenvalue weighted by atomic mass is 15.3. The monoisotopic (exact) mass is 240 g/mol. The first kappa shape index (κ1) is 11.0. The molecule has 2 aromatic rings. The number of hydrogen-bond donors (Lipinski definition) is 0. The third kappa shape index (κ3) is 2.01. The minimum absolute atomic E-state index is 0.801. The molecular weight excluding hydrogens is 224 g/mol. The molecule has 0 atom stereocenters. The maximum Gasteiger partial charge on any atom is 0.146 e. The average molecular weight is 240 g/mol. The van der Waals surface area contributed by atoms with Gasteiger partial charge in [-0.05, 0) is 18.1 Å². The average Bonchev–Trinajstić information content (AvgIpc) is 2.68. The first-order chi connectivity index (χ1) is 8.84. The zero-order chi connectivity index (χ0) is 12.4. The van der Waals surface area contributed by atoms with Crippen molar-refractivity contribution < 1.29 is 0 Å². The molecule has 0 unspecified atom stereocenters. The zero-order valence-electron chi connectivity index (χ0n) is 10.5. The van der Waals surface area contributed by atoms with Crippen LogP contribution in [0.15, 0.2) is 36.7 Å². The first-order valence-corrected chi connectivity index (χ1v) is 6.18. The number of rotatable bonds is 2. The van der Waals surface area contributed by atoms with Gasteiger partial charge in [0.1, 0.15) is 12.2 Å². The smallest absolute Gasteiger partial charge is 0.146 e. The van der Waals surface area contributed by atoms with Crippen molar-refractivity contribution in [3.63, 3.8) is 0 Å². The number of nitrogens with zero attached hydrogens (tertiary/aromatic N) is 4. The topological polar surface area (TPSA) is 34.0 Å². The van der Waals surface area contributed by atoms with Crippen LogP contribution in [-0.2, 0) is 13.6 Å². The van der Waals surface area contributed by atoms with Gasteiger partial charge in [0.2, 0.25) is 0 Å². The Kier molecular flexibility index (Phi) is 2.84. The van der Waals surface area contributed by atoms with Crippen molar-refractivity contribution in [2.75, 3.05) is 11.4 Å². The van der Waals surface area contributed by atoms with Crippen LogP contribution in [0.1, 0.15) is 17.8 Å². The molecule has 92 valence electrons. The molecule has 0 bridgehead atoms. The molecule has 0 radical (unpaired) electrons. The van der Waals surface area contributed by atoms with Crippen LogP contribution in [0.2, 0.25) is 0 Å². The van der Waals surface area contributed by atoms with Crippen LogP contribution in [0.3, 0.4) is 0 Å². The van der Waals surface area contributed by atoms with Crippen LogP contribution < -0.4 is 4.90 Å². The number of aryl methyl sites for hydroxylation is 1. The van der Waals surface area contributed by atoms with E-state index in [1.807, 2.05) is 11.7 Å². The van der Waals surface area contributed by atoms with Gasteiger partial charge in [0.05, 0.1) is 6.54 Å². The fourth-order valence-electron chi connectivity index (χ4n) is 2.28. The predicted octanol–water partition coefficient (Wildman–Crippen LogP) is 2.24. The number of fused-ring (bicyclic) bond motifs is 1. The Hall–Kier alpha value is -2.10. The van der Waals surface area contributed by atoms with Crippen molar-refractivity contribution in [2.45, 2.75) is 13.0 Å². The lowest BCUT2D eigenvalue weighted by Gasteiger charge is -2.24. The molecule has 4 heteroatoms. The normalized spacial score (nSPS) is 14.4. The Bertz CT molecular complexity index is 571. The van der Waals surface area contributed by atoms with Crippen molar-refractivity contribution >= 4 is 11.8 Å². The van der Waals surface area contributed by atoms with Gasteiger partial charge in [-0.2, -0.15) is 5.10 Å². The molecule has 1 aliphatic heterocycles. The largest absolute Gasteiger partial charge is 0.363 e. The van der Waals surface area contributed by atoms with Gasteiger partial charge in [0, 0.05) is 19.3 Å². The summed E-state index contributed by atoms with van der Waals surface area (Å²) in [6.07, 6.45) is 7.10. The zero-order valence-corrected chi connectivity index (χ0v) is 10.5. The number of para-hydroxylation sites is 1. The highest BCUT2D eigenvalue weighted by molar-refractivity contribution is 5.68. The molecule has 0 spiro atoms. The molecule has 1 aromatic heterocycles. The second-order valence-corrected chi connectivity index (χ2v) is 4.47.